The smallest absolute Gasteiger partial charge is 0.0593 e. The second-order valence-electron chi connectivity index (χ2n) is 3.88. The molecule has 1 unspecified atom stereocenters. The van der Waals surface area contributed by atoms with Gasteiger partial charge >= 0.3 is 0 Å². The predicted molar refractivity (Wildman–Crippen MR) is 81.8 cm³/mol. The maximum atomic E-state index is 3.63. The molecule has 0 amide bonds. The summed E-state index contributed by atoms with van der Waals surface area (Å²) in [7, 11) is 1.99. The molecule has 1 aromatic heterocycles. The highest BCUT2D eigenvalue weighted by atomic mass is 79.9. The van der Waals surface area contributed by atoms with E-state index in [4.69, 9.17) is 0 Å². The minimum Gasteiger partial charge on any atom is -0.309 e. The largest absolute Gasteiger partial charge is 0.309 e. The molecule has 0 spiro atoms. The molecule has 0 aliphatic carbocycles. The van der Waals surface area contributed by atoms with Crippen molar-refractivity contribution in [1.82, 2.24) is 5.32 Å². The molecule has 0 radical (unpaired) electrons. The van der Waals surface area contributed by atoms with Gasteiger partial charge in [-0.2, -0.15) is 0 Å². The quantitative estimate of drug-likeness (QED) is 0.806. The predicted octanol–water partition coefficient (Wildman–Crippen LogP) is 4.89. The molecule has 2 rings (SSSR count). The molecule has 0 aliphatic heterocycles. The number of benzene rings is 1. The van der Waals surface area contributed by atoms with Gasteiger partial charge in [0, 0.05) is 13.8 Å². The van der Waals surface area contributed by atoms with Crippen molar-refractivity contribution in [3.05, 3.63) is 54.6 Å². The summed E-state index contributed by atoms with van der Waals surface area (Å²) >= 11 is 8.89. The van der Waals surface area contributed by atoms with Gasteiger partial charge in [-0.1, -0.05) is 37.9 Å². The first kappa shape index (κ1) is 13.3. The Labute approximate surface area is 123 Å². The second kappa shape index (κ2) is 5.65. The van der Waals surface area contributed by atoms with Crippen molar-refractivity contribution in [1.29, 1.82) is 0 Å². The highest BCUT2D eigenvalue weighted by molar-refractivity contribution is 9.11. The number of thiophene rings is 1. The Morgan fingerprint density at radius 3 is 2.53 bits per heavy atom. The molecular formula is C13H13Br2NS. The summed E-state index contributed by atoms with van der Waals surface area (Å²) in [6.07, 6.45) is 0. The van der Waals surface area contributed by atoms with Crippen LogP contribution >= 0.6 is 43.2 Å². The standard InChI is InChI=1S/C13H13Br2NS/c1-8-5-9(7-17-8)13(16-2)11-4-3-10(14)6-12(11)15/h3-7,13,16H,1-2H3. The van der Waals surface area contributed by atoms with Gasteiger partial charge in [0.05, 0.1) is 6.04 Å². The van der Waals surface area contributed by atoms with Crippen molar-refractivity contribution < 1.29 is 0 Å². The number of rotatable bonds is 3. The van der Waals surface area contributed by atoms with E-state index < -0.39 is 0 Å². The Bertz CT molecular complexity index is 522. The van der Waals surface area contributed by atoms with E-state index in [9.17, 15) is 0 Å². The summed E-state index contributed by atoms with van der Waals surface area (Å²) in [4.78, 5) is 1.34. The molecule has 90 valence electrons. The Kier molecular flexibility index (Phi) is 4.42. The Morgan fingerprint density at radius 1 is 1.24 bits per heavy atom. The SMILES string of the molecule is CNC(c1csc(C)c1)c1ccc(Br)cc1Br. The highest BCUT2D eigenvalue weighted by Crippen LogP contribution is 2.32. The first-order valence-electron chi connectivity index (χ1n) is 5.29. The summed E-state index contributed by atoms with van der Waals surface area (Å²) in [5.41, 5.74) is 2.58. The lowest BCUT2D eigenvalue weighted by molar-refractivity contribution is 0.691. The monoisotopic (exact) mass is 373 g/mol. The topological polar surface area (TPSA) is 12.0 Å². The summed E-state index contributed by atoms with van der Waals surface area (Å²) in [5.74, 6) is 0. The molecule has 0 saturated heterocycles. The molecule has 0 fully saturated rings. The van der Waals surface area contributed by atoms with Crippen LogP contribution in [0.5, 0.6) is 0 Å². The highest BCUT2D eigenvalue weighted by Gasteiger charge is 2.15. The molecule has 4 heteroatoms. The van der Waals surface area contributed by atoms with Gasteiger partial charge in [0.1, 0.15) is 0 Å². The van der Waals surface area contributed by atoms with Gasteiger partial charge in [-0.05, 0) is 48.7 Å². The molecule has 1 nitrogen and oxygen atoms in total. The summed E-state index contributed by atoms with van der Waals surface area (Å²) in [6.45, 7) is 2.14. The molecule has 1 atom stereocenters. The van der Waals surface area contributed by atoms with Gasteiger partial charge in [-0.15, -0.1) is 11.3 Å². The van der Waals surface area contributed by atoms with E-state index in [0.717, 1.165) is 8.95 Å². The lowest BCUT2D eigenvalue weighted by atomic mass is 10.0. The third-order valence-corrected chi connectivity index (χ3v) is 4.71. The van der Waals surface area contributed by atoms with Gasteiger partial charge in [-0.3, -0.25) is 0 Å². The number of hydrogen-bond donors (Lipinski definition) is 1. The molecule has 17 heavy (non-hydrogen) atoms. The van der Waals surface area contributed by atoms with Crippen LogP contribution in [0, 0.1) is 6.92 Å². The Balaban J connectivity index is 2.42. The van der Waals surface area contributed by atoms with Gasteiger partial charge < -0.3 is 5.32 Å². The van der Waals surface area contributed by atoms with Crippen molar-refractivity contribution >= 4 is 43.2 Å². The van der Waals surface area contributed by atoms with Crippen LogP contribution in [-0.2, 0) is 0 Å². The van der Waals surface area contributed by atoms with Crippen LogP contribution < -0.4 is 5.32 Å². The number of nitrogens with one attached hydrogen (secondary N) is 1. The van der Waals surface area contributed by atoms with E-state index in [2.05, 4.69) is 73.7 Å². The fraction of sp³-hybridized carbons (Fsp3) is 0.231. The van der Waals surface area contributed by atoms with Gasteiger partial charge in [0.2, 0.25) is 0 Å². The molecular weight excluding hydrogens is 362 g/mol. The van der Waals surface area contributed by atoms with Crippen LogP contribution in [0.2, 0.25) is 0 Å². The molecule has 2 aromatic rings. The van der Waals surface area contributed by atoms with Crippen molar-refractivity contribution in [3.8, 4) is 0 Å². The van der Waals surface area contributed by atoms with E-state index >= 15 is 0 Å². The number of aryl methyl sites for hydroxylation is 1. The first-order valence-corrected chi connectivity index (χ1v) is 7.75. The van der Waals surface area contributed by atoms with Crippen LogP contribution in [0.25, 0.3) is 0 Å². The molecule has 1 N–H and O–H groups in total. The van der Waals surface area contributed by atoms with Crippen molar-refractivity contribution in [2.24, 2.45) is 0 Å². The number of halogens is 2. The van der Waals surface area contributed by atoms with Crippen molar-refractivity contribution in [3.63, 3.8) is 0 Å². The fourth-order valence-corrected chi connectivity index (χ4v) is 3.86. The van der Waals surface area contributed by atoms with Crippen LogP contribution in [0.3, 0.4) is 0 Å². The second-order valence-corrected chi connectivity index (χ2v) is 6.76. The third kappa shape index (κ3) is 2.99. The van der Waals surface area contributed by atoms with E-state index in [0.29, 0.717) is 0 Å². The lowest BCUT2D eigenvalue weighted by Crippen LogP contribution is -2.17. The third-order valence-electron chi connectivity index (χ3n) is 2.65. The average Bonchev–Trinajstić information content (AvgIpc) is 2.69. The maximum absolute atomic E-state index is 3.63. The maximum Gasteiger partial charge on any atom is 0.0593 e. The van der Waals surface area contributed by atoms with Gasteiger partial charge in [0.15, 0.2) is 0 Å². The van der Waals surface area contributed by atoms with E-state index in [-0.39, 0.29) is 6.04 Å². The minimum atomic E-state index is 0.238. The summed E-state index contributed by atoms with van der Waals surface area (Å²) in [6, 6.07) is 8.77. The van der Waals surface area contributed by atoms with Crippen LogP contribution in [0.1, 0.15) is 22.0 Å². The molecule has 1 aromatic carbocycles. The van der Waals surface area contributed by atoms with E-state index in [1.54, 1.807) is 11.3 Å². The zero-order valence-corrected chi connectivity index (χ0v) is 13.6. The number of hydrogen-bond acceptors (Lipinski definition) is 2. The lowest BCUT2D eigenvalue weighted by Gasteiger charge is -2.17. The minimum absolute atomic E-state index is 0.238. The van der Waals surface area contributed by atoms with E-state index in [1.807, 2.05) is 7.05 Å². The molecule has 1 heterocycles. The van der Waals surface area contributed by atoms with Crippen molar-refractivity contribution in [2.75, 3.05) is 7.05 Å². The van der Waals surface area contributed by atoms with Crippen LogP contribution in [0.4, 0.5) is 0 Å². The van der Waals surface area contributed by atoms with Crippen LogP contribution in [-0.4, -0.2) is 7.05 Å². The first-order chi connectivity index (χ1) is 8.11. The zero-order valence-electron chi connectivity index (χ0n) is 9.63. The van der Waals surface area contributed by atoms with Crippen LogP contribution in [0.15, 0.2) is 38.6 Å². The van der Waals surface area contributed by atoms with Gasteiger partial charge in [-0.25, -0.2) is 0 Å². The zero-order chi connectivity index (χ0) is 12.4. The molecule has 0 saturated carbocycles. The summed E-state index contributed by atoms with van der Waals surface area (Å²) < 4.78 is 2.21. The molecule has 0 aliphatic rings. The van der Waals surface area contributed by atoms with E-state index in [1.165, 1.54) is 16.0 Å². The molecule has 0 bridgehead atoms. The fourth-order valence-electron chi connectivity index (χ4n) is 1.85. The Hall–Kier alpha value is -0.160. The Morgan fingerprint density at radius 2 is 2.00 bits per heavy atom. The van der Waals surface area contributed by atoms with Gasteiger partial charge in [0.25, 0.3) is 0 Å². The summed E-state index contributed by atoms with van der Waals surface area (Å²) in [5, 5.41) is 5.58. The van der Waals surface area contributed by atoms with Crippen molar-refractivity contribution in [2.45, 2.75) is 13.0 Å². The average molecular weight is 375 g/mol. The normalized spacial score (nSPS) is 12.7.